The van der Waals surface area contributed by atoms with Crippen molar-refractivity contribution in [2.75, 3.05) is 6.26 Å². The summed E-state index contributed by atoms with van der Waals surface area (Å²) >= 11 is 12.6. The van der Waals surface area contributed by atoms with E-state index in [1.165, 1.54) is 18.2 Å². The molecule has 2 rings (SSSR count). The number of thioether (sulfide) groups is 1. The van der Waals surface area contributed by atoms with Crippen molar-refractivity contribution in [3.05, 3.63) is 52.1 Å². The number of rotatable bonds is 3. The van der Waals surface area contributed by atoms with Gasteiger partial charge in [-0.15, -0.1) is 0 Å². The third kappa shape index (κ3) is 4.20. The van der Waals surface area contributed by atoms with Crippen molar-refractivity contribution in [3.8, 4) is 0 Å². The minimum absolute atomic E-state index is 0.0639. The number of halogens is 2. The van der Waals surface area contributed by atoms with Gasteiger partial charge in [0.15, 0.2) is 14.9 Å². The Morgan fingerprint density at radius 3 is 2.48 bits per heavy atom. The number of hydrogen-bond donors (Lipinski definition) is 0. The van der Waals surface area contributed by atoms with Crippen LogP contribution < -0.4 is 0 Å². The van der Waals surface area contributed by atoms with Gasteiger partial charge in [-0.1, -0.05) is 29.3 Å². The number of aromatic nitrogens is 1. The van der Waals surface area contributed by atoms with Gasteiger partial charge in [0, 0.05) is 11.2 Å². The Balaban J connectivity index is 2.26. The Bertz CT molecular complexity index is 807. The van der Waals surface area contributed by atoms with E-state index in [1.54, 1.807) is 18.2 Å². The molecule has 0 spiro atoms. The Labute approximate surface area is 136 Å². The van der Waals surface area contributed by atoms with Crippen molar-refractivity contribution in [1.29, 1.82) is 0 Å². The van der Waals surface area contributed by atoms with Gasteiger partial charge in [-0.05, 0) is 42.1 Å². The molecule has 0 aliphatic heterocycles. The summed E-state index contributed by atoms with van der Waals surface area (Å²) in [6, 6.07) is 9.08. The zero-order valence-corrected chi connectivity index (χ0v) is 13.9. The number of sulfone groups is 1. The summed E-state index contributed by atoms with van der Waals surface area (Å²) in [5.74, 6) is 0. The van der Waals surface area contributed by atoms with E-state index < -0.39 is 9.84 Å². The molecule has 0 N–H and O–H groups in total. The average molecular weight is 362 g/mol. The van der Waals surface area contributed by atoms with Crippen LogP contribution in [0.2, 0.25) is 10.0 Å². The standard InChI is InChI=1S/C13H9Cl2NO3S2/c1-21(18,19)12-4-2-3-11(16-12)13(17)20-8-5-6-9(14)10(15)7-8/h2-7H,1H3. The zero-order chi connectivity index (χ0) is 15.6. The summed E-state index contributed by atoms with van der Waals surface area (Å²) in [5.41, 5.74) is 0.0639. The van der Waals surface area contributed by atoms with E-state index in [-0.39, 0.29) is 15.8 Å². The number of nitrogens with zero attached hydrogens (tertiary/aromatic N) is 1. The van der Waals surface area contributed by atoms with Crippen molar-refractivity contribution in [2.45, 2.75) is 9.92 Å². The predicted molar refractivity (Wildman–Crippen MR) is 84.0 cm³/mol. The van der Waals surface area contributed by atoms with Gasteiger partial charge in [-0.3, -0.25) is 4.79 Å². The maximum absolute atomic E-state index is 12.1. The molecule has 21 heavy (non-hydrogen) atoms. The van der Waals surface area contributed by atoms with E-state index in [1.807, 2.05) is 0 Å². The number of pyridine rings is 1. The fourth-order valence-corrected chi connectivity index (χ4v) is 3.13. The Morgan fingerprint density at radius 2 is 1.86 bits per heavy atom. The lowest BCUT2D eigenvalue weighted by atomic mass is 10.4. The topological polar surface area (TPSA) is 64.1 Å². The minimum Gasteiger partial charge on any atom is -0.279 e. The van der Waals surface area contributed by atoms with E-state index in [0.29, 0.717) is 14.9 Å². The summed E-state index contributed by atoms with van der Waals surface area (Å²) < 4.78 is 22.9. The van der Waals surface area contributed by atoms with Gasteiger partial charge >= 0.3 is 0 Å². The molecule has 1 aromatic carbocycles. The molecule has 0 aliphatic carbocycles. The first kappa shape index (κ1) is 16.3. The van der Waals surface area contributed by atoms with E-state index in [9.17, 15) is 13.2 Å². The van der Waals surface area contributed by atoms with Crippen LogP contribution in [0.1, 0.15) is 10.5 Å². The first-order valence-corrected chi connectivity index (χ1v) is 9.08. The molecular formula is C13H9Cl2NO3S2. The molecule has 0 atom stereocenters. The molecule has 8 heteroatoms. The molecule has 0 unspecified atom stereocenters. The van der Waals surface area contributed by atoms with Crippen LogP contribution in [0.25, 0.3) is 0 Å². The Kier molecular flexibility index (Phi) is 4.93. The van der Waals surface area contributed by atoms with Gasteiger partial charge < -0.3 is 0 Å². The first-order valence-electron chi connectivity index (χ1n) is 5.62. The predicted octanol–water partition coefficient (Wildman–Crippen LogP) is 3.72. The van der Waals surface area contributed by atoms with E-state index in [0.717, 1.165) is 18.0 Å². The van der Waals surface area contributed by atoms with Crippen molar-refractivity contribution in [3.63, 3.8) is 0 Å². The van der Waals surface area contributed by atoms with Crippen LogP contribution in [0.4, 0.5) is 0 Å². The van der Waals surface area contributed by atoms with E-state index in [4.69, 9.17) is 23.2 Å². The van der Waals surface area contributed by atoms with Gasteiger partial charge in [-0.2, -0.15) is 0 Å². The van der Waals surface area contributed by atoms with Crippen LogP contribution in [0.3, 0.4) is 0 Å². The second-order valence-corrected chi connectivity index (χ2v) is 7.92. The summed E-state index contributed by atoms with van der Waals surface area (Å²) in [6.07, 6.45) is 1.04. The number of benzene rings is 1. The SMILES string of the molecule is CS(=O)(=O)c1cccc(C(=O)Sc2ccc(Cl)c(Cl)c2)n1. The Morgan fingerprint density at radius 1 is 1.14 bits per heavy atom. The fraction of sp³-hybridized carbons (Fsp3) is 0.0769. The third-order valence-corrected chi connectivity index (χ3v) is 5.02. The smallest absolute Gasteiger partial charge is 0.242 e. The summed E-state index contributed by atoms with van der Waals surface area (Å²) in [6.45, 7) is 0. The van der Waals surface area contributed by atoms with Crippen LogP contribution in [0.15, 0.2) is 46.3 Å². The molecule has 1 aromatic heterocycles. The van der Waals surface area contributed by atoms with Crippen LogP contribution in [0.5, 0.6) is 0 Å². The van der Waals surface area contributed by atoms with Gasteiger partial charge in [0.25, 0.3) is 0 Å². The summed E-state index contributed by atoms with van der Waals surface area (Å²) in [4.78, 5) is 16.6. The van der Waals surface area contributed by atoms with Crippen molar-refractivity contribution in [2.24, 2.45) is 0 Å². The lowest BCUT2D eigenvalue weighted by Crippen LogP contribution is -2.05. The quantitative estimate of drug-likeness (QED) is 0.779. The lowest BCUT2D eigenvalue weighted by molar-refractivity contribution is 0.108. The molecular weight excluding hydrogens is 353 g/mol. The van der Waals surface area contributed by atoms with Crippen molar-refractivity contribution in [1.82, 2.24) is 4.98 Å². The normalized spacial score (nSPS) is 11.4. The Hall–Kier alpha value is -1.08. The highest BCUT2D eigenvalue weighted by atomic mass is 35.5. The van der Waals surface area contributed by atoms with Crippen LogP contribution in [0, 0.1) is 0 Å². The van der Waals surface area contributed by atoms with Gasteiger partial charge in [0.2, 0.25) is 5.12 Å². The summed E-state index contributed by atoms with van der Waals surface area (Å²) in [7, 11) is -3.46. The van der Waals surface area contributed by atoms with Crippen molar-refractivity contribution < 1.29 is 13.2 Å². The number of carbonyl (C=O) groups excluding carboxylic acids is 1. The molecule has 0 saturated carbocycles. The minimum atomic E-state index is -3.46. The molecule has 0 amide bonds. The molecule has 0 bridgehead atoms. The summed E-state index contributed by atoms with van der Waals surface area (Å²) in [5, 5.41) is 0.222. The molecule has 110 valence electrons. The first-order chi connectivity index (χ1) is 9.77. The van der Waals surface area contributed by atoms with Gasteiger partial charge in [-0.25, -0.2) is 13.4 Å². The van der Waals surface area contributed by atoms with E-state index in [2.05, 4.69) is 4.98 Å². The average Bonchev–Trinajstić information content (AvgIpc) is 2.42. The van der Waals surface area contributed by atoms with Gasteiger partial charge in [0.05, 0.1) is 10.0 Å². The highest BCUT2D eigenvalue weighted by Gasteiger charge is 2.15. The van der Waals surface area contributed by atoms with Crippen LogP contribution in [-0.4, -0.2) is 24.8 Å². The van der Waals surface area contributed by atoms with Gasteiger partial charge in [0.1, 0.15) is 5.69 Å². The molecule has 0 radical (unpaired) electrons. The zero-order valence-electron chi connectivity index (χ0n) is 10.7. The number of hydrogen-bond acceptors (Lipinski definition) is 5. The monoisotopic (exact) mass is 361 g/mol. The molecule has 0 aliphatic rings. The maximum Gasteiger partial charge on any atom is 0.242 e. The highest BCUT2D eigenvalue weighted by molar-refractivity contribution is 8.14. The second-order valence-electron chi connectivity index (χ2n) is 4.10. The number of carbonyl (C=O) groups is 1. The molecule has 1 heterocycles. The highest BCUT2D eigenvalue weighted by Crippen LogP contribution is 2.29. The molecule has 4 nitrogen and oxygen atoms in total. The molecule has 2 aromatic rings. The maximum atomic E-state index is 12.1. The second kappa shape index (κ2) is 6.36. The third-order valence-electron chi connectivity index (χ3n) is 2.41. The van der Waals surface area contributed by atoms with Crippen LogP contribution in [-0.2, 0) is 9.84 Å². The van der Waals surface area contributed by atoms with Crippen LogP contribution >= 0.6 is 35.0 Å². The largest absolute Gasteiger partial charge is 0.279 e. The molecule has 0 saturated heterocycles. The van der Waals surface area contributed by atoms with E-state index >= 15 is 0 Å². The lowest BCUT2D eigenvalue weighted by Gasteiger charge is -2.03. The van der Waals surface area contributed by atoms with Crippen molar-refractivity contribution >= 4 is 49.9 Å². The molecule has 0 fully saturated rings. The fourth-order valence-electron chi connectivity index (χ4n) is 1.43.